The highest BCUT2D eigenvalue weighted by atomic mass is 32.2. The highest BCUT2D eigenvalue weighted by molar-refractivity contribution is 7.99. The summed E-state index contributed by atoms with van der Waals surface area (Å²) >= 11 is 1.58. The van der Waals surface area contributed by atoms with Gasteiger partial charge in [-0.05, 0) is 37.6 Å². The molecule has 7 heteroatoms. The van der Waals surface area contributed by atoms with Crippen molar-refractivity contribution in [1.82, 2.24) is 9.55 Å². The third-order valence-electron chi connectivity index (χ3n) is 4.29. The van der Waals surface area contributed by atoms with Gasteiger partial charge in [-0.1, -0.05) is 41.6 Å². The van der Waals surface area contributed by atoms with Crippen LogP contribution in [0, 0.1) is 6.92 Å². The quantitative estimate of drug-likeness (QED) is 0.653. The summed E-state index contributed by atoms with van der Waals surface area (Å²) in [6.45, 7) is 2.90. The zero-order valence-corrected chi connectivity index (χ0v) is 15.4. The minimum Gasteiger partial charge on any atom is -0.319 e. The zero-order chi connectivity index (χ0) is 17.4. The predicted octanol–water partition coefficient (Wildman–Crippen LogP) is 3.61. The van der Waals surface area contributed by atoms with Crippen LogP contribution < -0.4 is 0 Å². The van der Waals surface area contributed by atoms with Crippen LogP contribution >= 0.6 is 11.8 Å². The van der Waals surface area contributed by atoms with Gasteiger partial charge < -0.3 is 4.57 Å². The maximum atomic E-state index is 12.3. The van der Waals surface area contributed by atoms with E-state index < -0.39 is 10.1 Å². The van der Waals surface area contributed by atoms with Crippen molar-refractivity contribution in [3.05, 3.63) is 54.1 Å². The summed E-state index contributed by atoms with van der Waals surface area (Å²) < 4.78 is 32.1. The summed E-state index contributed by atoms with van der Waals surface area (Å²) in [6.07, 6.45) is 0.849. The zero-order valence-electron chi connectivity index (χ0n) is 13.8. The molecule has 0 radical (unpaired) electrons. The van der Waals surface area contributed by atoms with Gasteiger partial charge in [-0.2, -0.15) is 8.42 Å². The van der Waals surface area contributed by atoms with Gasteiger partial charge in [0.15, 0.2) is 5.16 Å². The lowest BCUT2D eigenvalue weighted by Gasteiger charge is -2.22. The van der Waals surface area contributed by atoms with Crippen molar-refractivity contribution in [3.8, 4) is 0 Å². The molecular formula is C18H18N2O3S2. The highest BCUT2D eigenvalue weighted by Crippen LogP contribution is 2.34. The molecule has 2 heterocycles. The largest absolute Gasteiger partial charge is 0.319 e. The van der Waals surface area contributed by atoms with Crippen LogP contribution in [0.4, 0.5) is 0 Å². The number of hydrogen-bond acceptors (Lipinski definition) is 5. The Morgan fingerprint density at radius 1 is 1.20 bits per heavy atom. The lowest BCUT2D eigenvalue weighted by molar-refractivity contribution is 0.307. The van der Waals surface area contributed by atoms with Gasteiger partial charge in [-0.15, -0.1) is 0 Å². The molecule has 25 heavy (non-hydrogen) atoms. The van der Waals surface area contributed by atoms with E-state index in [1.165, 1.54) is 0 Å². The van der Waals surface area contributed by atoms with Crippen molar-refractivity contribution in [3.63, 3.8) is 0 Å². The number of benzene rings is 2. The van der Waals surface area contributed by atoms with Gasteiger partial charge in [0, 0.05) is 11.8 Å². The Morgan fingerprint density at radius 3 is 2.76 bits per heavy atom. The summed E-state index contributed by atoms with van der Waals surface area (Å²) in [5.74, 6) is 0. The molecule has 0 fully saturated rings. The van der Waals surface area contributed by atoms with E-state index in [0.29, 0.717) is 0 Å². The SMILES string of the molecule is Cc1ccc(S(=O)(=O)OCC2CCn3c(nc4ccccc43)S2)cc1. The molecule has 0 saturated carbocycles. The van der Waals surface area contributed by atoms with Gasteiger partial charge in [0.1, 0.15) is 0 Å². The van der Waals surface area contributed by atoms with Gasteiger partial charge in [-0.3, -0.25) is 4.18 Å². The van der Waals surface area contributed by atoms with Crippen LogP contribution in [0.2, 0.25) is 0 Å². The summed E-state index contributed by atoms with van der Waals surface area (Å²) in [4.78, 5) is 4.84. The van der Waals surface area contributed by atoms with E-state index in [1.54, 1.807) is 36.0 Å². The highest BCUT2D eigenvalue weighted by Gasteiger charge is 2.25. The van der Waals surface area contributed by atoms with Crippen molar-refractivity contribution in [2.24, 2.45) is 0 Å². The average molecular weight is 374 g/mol. The molecule has 0 bridgehead atoms. The molecule has 1 unspecified atom stereocenters. The van der Waals surface area contributed by atoms with Gasteiger partial charge in [0.25, 0.3) is 10.1 Å². The van der Waals surface area contributed by atoms with Crippen LogP contribution in [0.5, 0.6) is 0 Å². The first-order valence-corrected chi connectivity index (χ1v) is 10.4. The summed E-state index contributed by atoms with van der Waals surface area (Å²) in [5.41, 5.74) is 3.11. The van der Waals surface area contributed by atoms with Crippen molar-refractivity contribution in [2.75, 3.05) is 6.61 Å². The Labute approximate surface area is 151 Å². The van der Waals surface area contributed by atoms with Crippen LogP contribution in [0.3, 0.4) is 0 Å². The third-order valence-corrected chi connectivity index (χ3v) is 6.81. The molecule has 0 saturated heterocycles. The fourth-order valence-electron chi connectivity index (χ4n) is 2.90. The molecule has 1 atom stereocenters. The standard InChI is InChI=1S/C18H18N2O3S2/c1-13-6-8-15(9-7-13)25(21,22)23-12-14-10-11-20-17-5-3-2-4-16(17)19-18(20)24-14/h2-9,14H,10-12H2,1H3. The fourth-order valence-corrected chi connectivity index (χ4v) is 5.06. The normalized spacial score (nSPS) is 17.6. The van der Waals surface area contributed by atoms with Crippen molar-refractivity contribution in [1.29, 1.82) is 0 Å². The maximum Gasteiger partial charge on any atom is 0.297 e. The summed E-state index contributed by atoms with van der Waals surface area (Å²) in [5, 5.41) is 0.998. The number of fused-ring (bicyclic) bond motifs is 3. The van der Waals surface area contributed by atoms with Crippen LogP contribution in [-0.2, 0) is 20.8 Å². The van der Waals surface area contributed by atoms with Crippen molar-refractivity contribution in [2.45, 2.75) is 35.2 Å². The molecule has 130 valence electrons. The molecule has 0 amide bonds. The van der Waals surface area contributed by atoms with Crippen LogP contribution in [0.15, 0.2) is 58.6 Å². The third kappa shape index (κ3) is 3.31. The van der Waals surface area contributed by atoms with E-state index in [9.17, 15) is 8.42 Å². The van der Waals surface area contributed by atoms with Gasteiger partial charge >= 0.3 is 0 Å². The molecule has 4 rings (SSSR count). The molecule has 2 aromatic carbocycles. The van der Waals surface area contributed by atoms with E-state index in [2.05, 4.69) is 15.6 Å². The lowest BCUT2D eigenvalue weighted by atomic mass is 10.2. The Morgan fingerprint density at radius 2 is 1.96 bits per heavy atom. The number of rotatable bonds is 4. The second-order valence-electron chi connectivity index (χ2n) is 6.11. The van der Waals surface area contributed by atoms with E-state index in [0.717, 1.165) is 34.7 Å². The topological polar surface area (TPSA) is 61.2 Å². The van der Waals surface area contributed by atoms with Crippen LogP contribution in [0.1, 0.15) is 12.0 Å². The first-order valence-electron chi connectivity index (χ1n) is 8.11. The first-order chi connectivity index (χ1) is 12.0. The van der Waals surface area contributed by atoms with Crippen molar-refractivity contribution < 1.29 is 12.6 Å². The first kappa shape index (κ1) is 16.6. The number of imidazole rings is 1. The Hall–Kier alpha value is -1.83. The van der Waals surface area contributed by atoms with E-state index in [4.69, 9.17) is 4.18 Å². The van der Waals surface area contributed by atoms with E-state index in [1.807, 2.05) is 25.1 Å². The predicted molar refractivity (Wildman–Crippen MR) is 98.3 cm³/mol. The number of thioether (sulfide) groups is 1. The number of nitrogens with zero attached hydrogens (tertiary/aromatic N) is 2. The average Bonchev–Trinajstić information content (AvgIpc) is 2.98. The van der Waals surface area contributed by atoms with Crippen LogP contribution in [-0.4, -0.2) is 29.8 Å². The number of aryl methyl sites for hydroxylation is 2. The summed E-state index contributed by atoms with van der Waals surface area (Å²) in [7, 11) is -3.72. The maximum absolute atomic E-state index is 12.3. The minimum atomic E-state index is -3.72. The monoisotopic (exact) mass is 374 g/mol. The Bertz CT molecular complexity index is 1010. The van der Waals surface area contributed by atoms with Gasteiger partial charge in [0.2, 0.25) is 0 Å². The molecule has 1 aromatic heterocycles. The molecule has 5 nitrogen and oxygen atoms in total. The molecule has 1 aliphatic rings. The molecular weight excluding hydrogens is 356 g/mol. The van der Waals surface area contributed by atoms with Gasteiger partial charge in [0.05, 0.1) is 22.5 Å². The minimum absolute atomic E-state index is 0.0736. The lowest BCUT2D eigenvalue weighted by Crippen LogP contribution is -2.22. The second-order valence-corrected chi connectivity index (χ2v) is 9.00. The number of para-hydroxylation sites is 2. The molecule has 3 aromatic rings. The molecule has 0 spiro atoms. The summed E-state index contributed by atoms with van der Waals surface area (Å²) in [6, 6.07) is 14.7. The Kier molecular flexibility index (Phi) is 4.31. The van der Waals surface area contributed by atoms with Gasteiger partial charge in [-0.25, -0.2) is 4.98 Å². The molecule has 0 N–H and O–H groups in total. The Balaban J connectivity index is 1.47. The van der Waals surface area contributed by atoms with Crippen LogP contribution in [0.25, 0.3) is 11.0 Å². The second kappa shape index (κ2) is 6.48. The smallest absolute Gasteiger partial charge is 0.297 e. The van der Waals surface area contributed by atoms with E-state index >= 15 is 0 Å². The number of hydrogen-bond donors (Lipinski definition) is 0. The fraction of sp³-hybridized carbons (Fsp3) is 0.278. The molecule has 0 aliphatic carbocycles. The molecule has 1 aliphatic heterocycles. The van der Waals surface area contributed by atoms with E-state index in [-0.39, 0.29) is 16.8 Å². The number of aromatic nitrogens is 2. The van der Waals surface area contributed by atoms with Crippen molar-refractivity contribution >= 4 is 32.9 Å².